The standard InChI is InChI=1S/C19H20O2/c1-12-8-13(2)18(17(9-12)21-3)19(20)16-10-14-6-4-5-7-15(14)11-16/h4-9,16H,10-11H2,1-3H3. The van der Waals surface area contributed by atoms with Crippen LogP contribution in [-0.4, -0.2) is 12.9 Å². The normalized spacial score (nSPS) is 14.0. The number of benzene rings is 2. The lowest BCUT2D eigenvalue weighted by Gasteiger charge is -2.15. The molecule has 1 aliphatic rings. The topological polar surface area (TPSA) is 26.3 Å². The molecule has 2 nitrogen and oxygen atoms in total. The van der Waals surface area contributed by atoms with Crippen LogP contribution in [0.5, 0.6) is 5.75 Å². The van der Waals surface area contributed by atoms with Crippen molar-refractivity contribution in [3.8, 4) is 5.75 Å². The van der Waals surface area contributed by atoms with Gasteiger partial charge < -0.3 is 4.74 Å². The van der Waals surface area contributed by atoms with Crippen LogP contribution in [0.2, 0.25) is 0 Å². The molecule has 2 aromatic rings. The first-order valence-corrected chi connectivity index (χ1v) is 7.36. The van der Waals surface area contributed by atoms with Crippen molar-refractivity contribution in [2.75, 3.05) is 7.11 Å². The van der Waals surface area contributed by atoms with Gasteiger partial charge in [0.05, 0.1) is 12.7 Å². The van der Waals surface area contributed by atoms with Gasteiger partial charge in [-0.2, -0.15) is 0 Å². The quantitative estimate of drug-likeness (QED) is 0.797. The van der Waals surface area contributed by atoms with Gasteiger partial charge >= 0.3 is 0 Å². The number of ether oxygens (including phenoxy) is 1. The minimum Gasteiger partial charge on any atom is -0.496 e. The zero-order valence-corrected chi connectivity index (χ0v) is 12.8. The molecular formula is C19H20O2. The summed E-state index contributed by atoms with van der Waals surface area (Å²) in [4.78, 5) is 12.9. The molecule has 108 valence electrons. The molecule has 2 heteroatoms. The summed E-state index contributed by atoms with van der Waals surface area (Å²) in [7, 11) is 1.63. The molecule has 0 unspecified atom stereocenters. The number of hydrogen-bond donors (Lipinski definition) is 0. The minimum absolute atomic E-state index is 0.0395. The molecule has 0 bridgehead atoms. The van der Waals surface area contributed by atoms with Crippen LogP contribution < -0.4 is 4.74 Å². The fourth-order valence-electron chi connectivity index (χ4n) is 3.35. The molecule has 1 aliphatic carbocycles. The molecule has 0 saturated heterocycles. The SMILES string of the molecule is COc1cc(C)cc(C)c1C(=O)C1Cc2ccccc2C1. The molecule has 0 heterocycles. The van der Waals surface area contributed by atoms with Gasteiger partial charge in [-0.3, -0.25) is 4.79 Å². The lowest BCUT2D eigenvalue weighted by Crippen LogP contribution is -2.17. The Kier molecular flexibility index (Phi) is 3.54. The summed E-state index contributed by atoms with van der Waals surface area (Å²) in [5.74, 6) is 0.951. The molecule has 0 atom stereocenters. The smallest absolute Gasteiger partial charge is 0.170 e. The number of methoxy groups -OCH3 is 1. The number of fused-ring (bicyclic) bond motifs is 1. The maximum atomic E-state index is 12.9. The number of hydrogen-bond acceptors (Lipinski definition) is 2. The molecular weight excluding hydrogens is 260 g/mol. The highest BCUT2D eigenvalue weighted by molar-refractivity contribution is 6.02. The second-order valence-corrected chi connectivity index (χ2v) is 5.90. The zero-order valence-electron chi connectivity index (χ0n) is 12.8. The number of carbonyl (C=O) groups excluding carboxylic acids is 1. The number of aryl methyl sites for hydroxylation is 2. The molecule has 2 aromatic carbocycles. The number of ketones is 1. The molecule has 0 fully saturated rings. The largest absolute Gasteiger partial charge is 0.496 e. The molecule has 3 rings (SSSR count). The molecule has 0 saturated carbocycles. The van der Waals surface area contributed by atoms with Gasteiger partial charge in [-0.1, -0.05) is 30.3 Å². The van der Waals surface area contributed by atoms with Gasteiger partial charge in [-0.25, -0.2) is 0 Å². The van der Waals surface area contributed by atoms with Crippen LogP contribution in [0.15, 0.2) is 36.4 Å². The molecule has 0 amide bonds. The van der Waals surface area contributed by atoms with Gasteiger partial charge in [-0.15, -0.1) is 0 Å². The van der Waals surface area contributed by atoms with E-state index in [1.807, 2.05) is 32.0 Å². The van der Waals surface area contributed by atoms with Crippen LogP contribution in [0.1, 0.15) is 32.6 Å². The van der Waals surface area contributed by atoms with E-state index < -0.39 is 0 Å². The van der Waals surface area contributed by atoms with Crippen molar-refractivity contribution < 1.29 is 9.53 Å². The minimum atomic E-state index is 0.0395. The number of rotatable bonds is 3. The predicted molar refractivity (Wildman–Crippen MR) is 84.1 cm³/mol. The summed E-state index contributed by atoms with van der Waals surface area (Å²) in [5, 5.41) is 0. The van der Waals surface area contributed by atoms with Crippen molar-refractivity contribution in [2.24, 2.45) is 5.92 Å². The highest BCUT2D eigenvalue weighted by atomic mass is 16.5. The Morgan fingerprint density at radius 2 is 1.71 bits per heavy atom. The highest BCUT2D eigenvalue weighted by Crippen LogP contribution is 2.33. The van der Waals surface area contributed by atoms with Crippen LogP contribution >= 0.6 is 0 Å². The Balaban J connectivity index is 1.94. The molecule has 0 radical (unpaired) electrons. The third-order valence-corrected chi connectivity index (χ3v) is 4.33. The molecule has 0 spiro atoms. The van der Waals surface area contributed by atoms with Crippen LogP contribution in [0.25, 0.3) is 0 Å². The van der Waals surface area contributed by atoms with E-state index in [1.165, 1.54) is 11.1 Å². The van der Waals surface area contributed by atoms with Crippen LogP contribution in [0.3, 0.4) is 0 Å². The summed E-state index contributed by atoms with van der Waals surface area (Å²) in [6, 6.07) is 12.3. The van der Waals surface area contributed by atoms with Gasteiger partial charge in [0.2, 0.25) is 0 Å². The van der Waals surface area contributed by atoms with Crippen molar-refractivity contribution in [3.05, 3.63) is 64.2 Å². The van der Waals surface area contributed by atoms with E-state index in [2.05, 4.69) is 18.2 Å². The maximum absolute atomic E-state index is 12.9. The van der Waals surface area contributed by atoms with Gasteiger partial charge in [0, 0.05) is 5.92 Å². The first-order chi connectivity index (χ1) is 10.1. The lowest BCUT2D eigenvalue weighted by atomic mass is 9.91. The average Bonchev–Trinajstić information content (AvgIpc) is 2.89. The summed E-state index contributed by atoms with van der Waals surface area (Å²) >= 11 is 0. The molecule has 0 aromatic heterocycles. The Morgan fingerprint density at radius 3 is 2.29 bits per heavy atom. The lowest BCUT2D eigenvalue weighted by molar-refractivity contribution is 0.0921. The maximum Gasteiger partial charge on any atom is 0.170 e. The van der Waals surface area contributed by atoms with Crippen molar-refractivity contribution in [1.29, 1.82) is 0 Å². The van der Waals surface area contributed by atoms with Gasteiger partial charge in [0.15, 0.2) is 5.78 Å². The number of carbonyl (C=O) groups is 1. The first-order valence-electron chi connectivity index (χ1n) is 7.36. The summed E-state index contributed by atoms with van der Waals surface area (Å²) in [6.45, 7) is 4.01. The molecule has 0 N–H and O–H groups in total. The molecule has 21 heavy (non-hydrogen) atoms. The third-order valence-electron chi connectivity index (χ3n) is 4.33. The van der Waals surface area contributed by atoms with Crippen molar-refractivity contribution >= 4 is 5.78 Å². The van der Waals surface area contributed by atoms with Crippen molar-refractivity contribution in [2.45, 2.75) is 26.7 Å². The molecule has 0 aliphatic heterocycles. The van der Waals surface area contributed by atoms with E-state index in [4.69, 9.17) is 4.74 Å². The van der Waals surface area contributed by atoms with Gasteiger partial charge in [0.1, 0.15) is 5.75 Å². The predicted octanol–water partition coefficient (Wildman–Crippen LogP) is 3.91. The van der Waals surface area contributed by atoms with Crippen LogP contribution in [0, 0.1) is 19.8 Å². The van der Waals surface area contributed by atoms with Gasteiger partial charge in [0.25, 0.3) is 0 Å². The monoisotopic (exact) mass is 280 g/mol. The first kappa shape index (κ1) is 13.9. The average molecular weight is 280 g/mol. The van der Waals surface area contributed by atoms with Gasteiger partial charge in [-0.05, 0) is 55.0 Å². The summed E-state index contributed by atoms with van der Waals surface area (Å²) in [6.07, 6.45) is 1.68. The summed E-state index contributed by atoms with van der Waals surface area (Å²) < 4.78 is 5.44. The number of Topliss-reactive ketones (excluding diaryl/α,β-unsaturated/α-hetero) is 1. The Bertz CT molecular complexity index is 676. The van der Waals surface area contributed by atoms with E-state index in [0.29, 0.717) is 5.75 Å². The van der Waals surface area contributed by atoms with Crippen molar-refractivity contribution in [3.63, 3.8) is 0 Å². The van der Waals surface area contributed by atoms with E-state index >= 15 is 0 Å². The van der Waals surface area contributed by atoms with Crippen LogP contribution in [-0.2, 0) is 12.8 Å². The highest BCUT2D eigenvalue weighted by Gasteiger charge is 2.30. The summed E-state index contributed by atoms with van der Waals surface area (Å²) in [5.41, 5.74) is 5.49. The van der Waals surface area contributed by atoms with E-state index in [0.717, 1.165) is 29.5 Å². The Labute approximate surface area is 125 Å². The fraction of sp³-hybridized carbons (Fsp3) is 0.316. The Hall–Kier alpha value is -2.09. The van der Waals surface area contributed by atoms with E-state index in [9.17, 15) is 4.79 Å². The van der Waals surface area contributed by atoms with E-state index in [-0.39, 0.29) is 11.7 Å². The van der Waals surface area contributed by atoms with Crippen molar-refractivity contribution in [1.82, 2.24) is 0 Å². The fourth-order valence-corrected chi connectivity index (χ4v) is 3.35. The Morgan fingerprint density at radius 1 is 1.10 bits per heavy atom. The second kappa shape index (κ2) is 5.36. The second-order valence-electron chi connectivity index (χ2n) is 5.90. The van der Waals surface area contributed by atoms with E-state index in [1.54, 1.807) is 7.11 Å². The van der Waals surface area contributed by atoms with Crippen LogP contribution in [0.4, 0.5) is 0 Å². The zero-order chi connectivity index (χ0) is 15.0. The third kappa shape index (κ3) is 2.46.